The first-order valence-corrected chi connectivity index (χ1v) is 13.3. The minimum atomic E-state index is -0.561. The van der Waals surface area contributed by atoms with Gasteiger partial charge in [-0.3, -0.25) is 19.2 Å². The number of hydrogen-bond donors (Lipinski definition) is 3. The monoisotopic (exact) mass is 571 g/mol. The molecule has 2 aliphatic carbocycles. The molecule has 1 saturated carbocycles. The predicted octanol–water partition coefficient (Wildman–Crippen LogP) is 2.29. The number of aromatic nitrogens is 4. The maximum Gasteiger partial charge on any atom is 0.340 e. The maximum atomic E-state index is 13.4. The zero-order valence-electron chi connectivity index (χ0n) is 23.7. The third-order valence-electron chi connectivity index (χ3n) is 8.14. The van der Waals surface area contributed by atoms with E-state index in [1.54, 1.807) is 48.8 Å². The number of ketones is 1. The standard InChI is InChI=1S/C29H29N7O6/c1-14-23(28(41)42-5)24-25(30-14)19(38)9-20-29(24)10-16(29)11-36(20)22(39)7-6-18-8-17(12-34(18)3)32-27(40)26-33-21(13-35(26)4)31-15(2)37/h6-9,12-13,16,30H,10-11H2,1-5H3,(H,31,37)(H,32,40)/b7-6+/t16-,29?/m0/s1. The van der Waals surface area contributed by atoms with Crippen LogP contribution >= 0.6 is 0 Å². The first-order valence-electron chi connectivity index (χ1n) is 13.3. The first kappa shape index (κ1) is 27.0. The number of carbonyl (C=O) groups is 5. The Hall–Kier alpha value is -5.20. The van der Waals surface area contributed by atoms with Crippen LogP contribution in [0.25, 0.3) is 6.08 Å². The Morgan fingerprint density at radius 1 is 1.17 bits per heavy atom. The van der Waals surface area contributed by atoms with Crippen molar-refractivity contribution in [3.05, 3.63) is 70.3 Å². The number of hydrogen-bond acceptors (Lipinski definition) is 7. The van der Waals surface area contributed by atoms with Crippen LogP contribution < -0.4 is 10.6 Å². The van der Waals surface area contributed by atoms with E-state index in [-0.39, 0.29) is 35.2 Å². The highest BCUT2D eigenvalue weighted by Crippen LogP contribution is 2.67. The Morgan fingerprint density at radius 3 is 2.64 bits per heavy atom. The lowest BCUT2D eigenvalue weighted by Gasteiger charge is -2.27. The SMILES string of the molecule is COC(=O)c1c(C)[nH]c2c1C13C[C@H]1CN(C(=O)/C=C/c1cc(NC(=O)c4nc(NC(C)=O)cn4C)cn1C)C3=CC2=O. The minimum absolute atomic E-state index is 0.0979. The fraction of sp³-hybridized carbons (Fsp3) is 0.310. The van der Waals surface area contributed by atoms with Gasteiger partial charge >= 0.3 is 5.97 Å². The van der Waals surface area contributed by atoms with Gasteiger partial charge in [-0.25, -0.2) is 9.78 Å². The Labute approximate surface area is 240 Å². The first-order chi connectivity index (χ1) is 19.9. The molecule has 13 nitrogen and oxygen atoms in total. The summed E-state index contributed by atoms with van der Waals surface area (Å²) in [7, 11) is 4.73. The van der Waals surface area contributed by atoms with Crippen LogP contribution in [0.15, 0.2) is 36.3 Å². The van der Waals surface area contributed by atoms with Crippen LogP contribution in [0.4, 0.5) is 11.5 Å². The van der Waals surface area contributed by atoms with E-state index in [4.69, 9.17) is 4.74 Å². The number of likely N-dealkylation sites (tertiary alicyclic amines) is 1. The molecule has 3 aliphatic rings. The number of aromatic amines is 1. The van der Waals surface area contributed by atoms with Crippen molar-refractivity contribution in [3.63, 3.8) is 0 Å². The number of piperidine rings is 1. The summed E-state index contributed by atoms with van der Waals surface area (Å²) in [4.78, 5) is 72.0. The van der Waals surface area contributed by atoms with E-state index in [0.29, 0.717) is 46.1 Å². The van der Waals surface area contributed by atoms with Crippen LogP contribution in [0, 0.1) is 12.8 Å². The average molecular weight is 572 g/mol. The molecule has 6 rings (SSSR count). The number of esters is 1. The van der Waals surface area contributed by atoms with Crippen molar-refractivity contribution in [1.82, 2.24) is 24.0 Å². The quantitative estimate of drug-likeness (QED) is 0.302. The summed E-state index contributed by atoms with van der Waals surface area (Å²) in [5.41, 5.74) is 3.16. The number of rotatable bonds is 6. The number of ether oxygens (including phenoxy) is 1. The van der Waals surface area contributed by atoms with E-state index in [0.717, 1.165) is 6.42 Å². The van der Waals surface area contributed by atoms with Gasteiger partial charge in [0.15, 0.2) is 5.82 Å². The third-order valence-corrected chi connectivity index (χ3v) is 8.14. The number of anilines is 2. The summed E-state index contributed by atoms with van der Waals surface area (Å²) in [6, 6.07) is 1.71. The minimum Gasteiger partial charge on any atom is -0.465 e. The van der Waals surface area contributed by atoms with Crippen LogP contribution in [0.1, 0.15) is 61.8 Å². The number of carbonyl (C=O) groups excluding carboxylic acids is 5. The van der Waals surface area contributed by atoms with Crippen molar-refractivity contribution in [2.75, 3.05) is 24.3 Å². The molecule has 3 N–H and O–H groups in total. The smallest absolute Gasteiger partial charge is 0.340 e. The number of aryl methyl sites for hydroxylation is 3. The highest BCUT2D eigenvalue weighted by Gasteiger charge is 2.68. The molecule has 1 unspecified atom stereocenters. The van der Waals surface area contributed by atoms with Gasteiger partial charge in [-0.1, -0.05) is 0 Å². The highest BCUT2D eigenvalue weighted by molar-refractivity contribution is 6.11. The summed E-state index contributed by atoms with van der Waals surface area (Å²) in [5, 5.41) is 5.33. The predicted molar refractivity (Wildman–Crippen MR) is 151 cm³/mol. The average Bonchev–Trinajstić information content (AvgIpc) is 3.23. The number of nitrogens with one attached hydrogen (secondary N) is 3. The molecule has 216 valence electrons. The second-order valence-corrected chi connectivity index (χ2v) is 10.9. The second kappa shape index (κ2) is 9.43. The lowest BCUT2D eigenvalue weighted by Crippen LogP contribution is -2.33. The van der Waals surface area contributed by atoms with Gasteiger partial charge in [0.2, 0.25) is 17.5 Å². The molecule has 3 aromatic rings. The molecule has 3 aromatic heterocycles. The fourth-order valence-electron chi connectivity index (χ4n) is 6.25. The lowest BCUT2D eigenvalue weighted by molar-refractivity contribution is -0.124. The summed E-state index contributed by atoms with van der Waals surface area (Å²) < 4.78 is 8.27. The highest BCUT2D eigenvalue weighted by atomic mass is 16.5. The number of amides is 3. The number of imidazole rings is 1. The van der Waals surface area contributed by atoms with E-state index < -0.39 is 17.3 Å². The molecule has 1 saturated heterocycles. The van der Waals surface area contributed by atoms with E-state index >= 15 is 0 Å². The molecule has 0 aromatic carbocycles. The molecule has 42 heavy (non-hydrogen) atoms. The Balaban J connectivity index is 1.19. The van der Waals surface area contributed by atoms with Crippen LogP contribution in [0.5, 0.6) is 0 Å². The van der Waals surface area contributed by atoms with E-state index in [1.165, 1.54) is 36.9 Å². The van der Waals surface area contributed by atoms with E-state index in [2.05, 4.69) is 20.6 Å². The van der Waals surface area contributed by atoms with Crippen LogP contribution in [-0.4, -0.2) is 67.1 Å². The summed E-state index contributed by atoms with van der Waals surface area (Å²) >= 11 is 0. The topological polar surface area (TPSA) is 160 Å². The van der Waals surface area contributed by atoms with Crippen molar-refractivity contribution in [3.8, 4) is 0 Å². The Kier molecular flexibility index (Phi) is 6.06. The number of fused-ring (bicyclic) bond motifs is 1. The summed E-state index contributed by atoms with van der Waals surface area (Å²) in [6.45, 7) is 3.53. The molecule has 1 aliphatic heterocycles. The van der Waals surface area contributed by atoms with Crippen molar-refractivity contribution in [1.29, 1.82) is 0 Å². The number of H-pyrrole nitrogens is 1. The van der Waals surface area contributed by atoms with E-state index in [1.807, 2.05) is 0 Å². The number of allylic oxidation sites excluding steroid dienone is 2. The van der Waals surface area contributed by atoms with Gasteiger partial charge in [0, 0.05) is 80.2 Å². The van der Waals surface area contributed by atoms with Gasteiger partial charge in [0.1, 0.15) is 0 Å². The zero-order chi connectivity index (χ0) is 30.1. The van der Waals surface area contributed by atoms with E-state index in [9.17, 15) is 24.0 Å². The van der Waals surface area contributed by atoms with Crippen molar-refractivity contribution >= 4 is 47.1 Å². The van der Waals surface area contributed by atoms with Crippen molar-refractivity contribution < 1.29 is 28.7 Å². The normalized spacial score (nSPS) is 20.1. The van der Waals surface area contributed by atoms with Crippen LogP contribution in [-0.2, 0) is 33.8 Å². The number of nitrogens with zero attached hydrogens (tertiary/aromatic N) is 4. The molecule has 1 spiro atoms. The van der Waals surface area contributed by atoms with Gasteiger partial charge in [0.05, 0.1) is 24.1 Å². The largest absolute Gasteiger partial charge is 0.465 e. The molecule has 0 bridgehead atoms. The molecule has 2 fully saturated rings. The van der Waals surface area contributed by atoms with Gasteiger partial charge in [-0.15, -0.1) is 0 Å². The zero-order valence-corrected chi connectivity index (χ0v) is 23.7. The summed E-state index contributed by atoms with van der Waals surface area (Å²) in [5.74, 6) is -1.36. The van der Waals surface area contributed by atoms with Crippen molar-refractivity contribution in [2.24, 2.45) is 20.0 Å². The molecule has 13 heteroatoms. The molecule has 4 heterocycles. The maximum absolute atomic E-state index is 13.4. The van der Waals surface area contributed by atoms with Crippen molar-refractivity contribution in [2.45, 2.75) is 25.7 Å². The van der Waals surface area contributed by atoms with Crippen LogP contribution in [0.2, 0.25) is 0 Å². The van der Waals surface area contributed by atoms with Gasteiger partial charge in [0.25, 0.3) is 11.8 Å². The summed E-state index contributed by atoms with van der Waals surface area (Å²) in [6.07, 6.45) is 8.56. The Bertz CT molecular complexity index is 1790. The van der Waals surface area contributed by atoms with Crippen LogP contribution in [0.3, 0.4) is 0 Å². The molecule has 2 atom stereocenters. The molecule has 3 amide bonds. The Morgan fingerprint density at radius 2 is 1.93 bits per heavy atom. The number of methoxy groups -OCH3 is 1. The molecular formula is C29H29N7O6. The third kappa shape index (κ3) is 4.07. The molecule has 0 radical (unpaired) electrons. The lowest BCUT2D eigenvalue weighted by atomic mass is 9.82. The molecular weight excluding hydrogens is 542 g/mol. The van der Waals surface area contributed by atoms with Gasteiger partial charge < -0.3 is 34.4 Å². The fourth-order valence-corrected chi connectivity index (χ4v) is 6.25. The van der Waals surface area contributed by atoms with Gasteiger partial charge in [-0.2, -0.15) is 0 Å². The van der Waals surface area contributed by atoms with Gasteiger partial charge in [-0.05, 0) is 31.4 Å². The second-order valence-electron chi connectivity index (χ2n) is 10.9.